The van der Waals surface area contributed by atoms with Crippen LogP contribution in [0.3, 0.4) is 0 Å². The van der Waals surface area contributed by atoms with Crippen LogP contribution >= 0.6 is 0 Å². The van der Waals surface area contributed by atoms with Gasteiger partial charge in [0.15, 0.2) is 0 Å². The molecule has 78 valence electrons. The van der Waals surface area contributed by atoms with E-state index < -0.39 is 0 Å². The third-order valence-electron chi connectivity index (χ3n) is 1.91. The van der Waals surface area contributed by atoms with E-state index in [1.54, 1.807) is 6.33 Å². The monoisotopic (exact) mass is 195 g/mol. The van der Waals surface area contributed by atoms with E-state index in [1.807, 2.05) is 13.0 Å². The Hall–Kier alpha value is -1.20. The summed E-state index contributed by atoms with van der Waals surface area (Å²) < 4.78 is 0. The van der Waals surface area contributed by atoms with Gasteiger partial charge in [-0.25, -0.2) is 9.97 Å². The zero-order valence-electron chi connectivity index (χ0n) is 8.48. The molecule has 4 N–H and O–H groups in total. The van der Waals surface area contributed by atoms with Crippen molar-refractivity contribution < 1.29 is 0 Å². The van der Waals surface area contributed by atoms with Gasteiger partial charge in [0, 0.05) is 37.9 Å². The second-order valence-corrected chi connectivity index (χ2v) is 3.08. The first-order valence-electron chi connectivity index (χ1n) is 4.71. The highest BCUT2D eigenvalue weighted by atomic mass is 15.2. The Balaban J connectivity index is 2.75. The molecule has 0 atom stereocenters. The lowest BCUT2D eigenvalue weighted by Gasteiger charge is -2.22. The fourth-order valence-electron chi connectivity index (χ4n) is 1.27. The second-order valence-electron chi connectivity index (χ2n) is 3.08. The summed E-state index contributed by atoms with van der Waals surface area (Å²) in [6, 6.07) is 1.94. The van der Waals surface area contributed by atoms with E-state index >= 15 is 0 Å². The van der Waals surface area contributed by atoms with Crippen LogP contribution < -0.4 is 16.4 Å². The Labute approximate surface area is 84.1 Å². The van der Waals surface area contributed by atoms with Gasteiger partial charge in [0.1, 0.15) is 12.1 Å². The van der Waals surface area contributed by atoms with E-state index in [1.165, 1.54) is 0 Å². The van der Waals surface area contributed by atoms with E-state index in [4.69, 9.17) is 11.5 Å². The van der Waals surface area contributed by atoms with Crippen molar-refractivity contribution in [1.82, 2.24) is 9.97 Å². The molecule has 1 rings (SSSR count). The molecule has 0 spiro atoms. The van der Waals surface area contributed by atoms with Gasteiger partial charge in [-0.3, -0.25) is 0 Å². The van der Waals surface area contributed by atoms with Gasteiger partial charge >= 0.3 is 0 Å². The largest absolute Gasteiger partial charge is 0.354 e. The topological polar surface area (TPSA) is 81.1 Å². The van der Waals surface area contributed by atoms with E-state index in [0.717, 1.165) is 24.6 Å². The molecule has 1 aromatic rings. The molecule has 0 fully saturated rings. The second kappa shape index (κ2) is 5.51. The summed E-state index contributed by atoms with van der Waals surface area (Å²) in [7, 11) is 0. The molecule has 5 nitrogen and oxygen atoms in total. The maximum Gasteiger partial charge on any atom is 0.132 e. The minimum absolute atomic E-state index is 0.600. The van der Waals surface area contributed by atoms with Crippen LogP contribution in [-0.4, -0.2) is 36.1 Å². The Bertz CT molecular complexity index is 270. The smallest absolute Gasteiger partial charge is 0.132 e. The fourth-order valence-corrected chi connectivity index (χ4v) is 1.27. The van der Waals surface area contributed by atoms with Crippen LogP contribution in [0.5, 0.6) is 0 Å². The van der Waals surface area contributed by atoms with Crippen molar-refractivity contribution in [2.75, 3.05) is 31.1 Å². The first kappa shape index (κ1) is 10.9. The highest BCUT2D eigenvalue weighted by Crippen LogP contribution is 2.08. The SMILES string of the molecule is Cc1cc(N(CCN)CCN)ncn1. The predicted molar refractivity (Wildman–Crippen MR) is 57.1 cm³/mol. The Morgan fingerprint density at radius 3 is 2.36 bits per heavy atom. The molecule has 5 heteroatoms. The molecule has 1 aromatic heterocycles. The molecule has 0 unspecified atom stereocenters. The minimum Gasteiger partial charge on any atom is -0.354 e. The first-order valence-corrected chi connectivity index (χ1v) is 4.71. The highest BCUT2D eigenvalue weighted by Gasteiger charge is 2.05. The van der Waals surface area contributed by atoms with Crippen LogP contribution in [0.15, 0.2) is 12.4 Å². The summed E-state index contributed by atoms with van der Waals surface area (Å²) in [5, 5.41) is 0. The number of aromatic nitrogens is 2. The number of hydrogen-bond acceptors (Lipinski definition) is 5. The number of anilines is 1. The number of aryl methyl sites for hydroxylation is 1. The standard InChI is InChI=1S/C9H17N5/c1-8-6-9(13-7-12-8)14(4-2-10)5-3-11/h6-7H,2-5,10-11H2,1H3. The summed E-state index contributed by atoms with van der Waals surface area (Å²) in [6.07, 6.45) is 1.56. The molecule has 0 aliphatic rings. The quantitative estimate of drug-likeness (QED) is 0.662. The van der Waals surface area contributed by atoms with Crippen LogP contribution in [0, 0.1) is 6.92 Å². The maximum absolute atomic E-state index is 5.51. The third-order valence-corrected chi connectivity index (χ3v) is 1.91. The van der Waals surface area contributed by atoms with Gasteiger partial charge in [-0.15, -0.1) is 0 Å². The van der Waals surface area contributed by atoms with Crippen LogP contribution in [0.4, 0.5) is 5.82 Å². The molecule has 0 saturated carbocycles. The van der Waals surface area contributed by atoms with Crippen LogP contribution in [-0.2, 0) is 0 Å². The van der Waals surface area contributed by atoms with E-state index in [0.29, 0.717) is 13.1 Å². The summed E-state index contributed by atoms with van der Waals surface area (Å²) >= 11 is 0. The summed E-state index contributed by atoms with van der Waals surface area (Å²) in [4.78, 5) is 10.3. The predicted octanol–water partition coefficient (Wildman–Crippen LogP) is -0.491. The van der Waals surface area contributed by atoms with Gasteiger partial charge in [-0.05, 0) is 6.92 Å². The average molecular weight is 195 g/mol. The molecular formula is C9H17N5. The van der Waals surface area contributed by atoms with E-state index in [-0.39, 0.29) is 0 Å². The average Bonchev–Trinajstić information content (AvgIpc) is 2.17. The number of hydrogen-bond donors (Lipinski definition) is 2. The first-order chi connectivity index (χ1) is 6.77. The van der Waals surface area contributed by atoms with Crippen molar-refractivity contribution in [1.29, 1.82) is 0 Å². The van der Waals surface area contributed by atoms with Gasteiger partial charge in [-0.1, -0.05) is 0 Å². The lowest BCUT2D eigenvalue weighted by Crippen LogP contribution is -2.34. The van der Waals surface area contributed by atoms with Crippen LogP contribution in [0.1, 0.15) is 5.69 Å². The van der Waals surface area contributed by atoms with Gasteiger partial charge in [0.05, 0.1) is 0 Å². The number of nitrogens with two attached hydrogens (primary N) is 2. The van der Waals surface area contributed by atoms with Gasteiger partial charge < -0.3 is 16.4 Å². The molecular weight excluding hydrogens is 178 g/mol. The molecule has 1 heterocycles. The summed E-state index contributed by atoms with van der Waals surface area (Å²) in [6.45, 7) is 4.68. The van der Waals surface area contributed by atoms with Crippen molar-refractivity contribution in [3.8, 4) is 0 Å². The van der Waals surface area contributed by atoms with Crippen LogP contribution in [0.2, 0.25) is 0 Å². The van der Waals surface area contributed by atoms with Crippen molar-refractivity contribution in [2.45, 2.75) is 6.92 Å². The third kappa shape index (κ3) is 2.93. The molecule has 0 aliphatic carbocycles. The molecule has 0 bridgehead atoms. The molecule has 0 aromatic carbocycles. The van der Waals surface area contributed by atoms with Crippen molar-refractivity contribution in [2.24, 2.45) is 11.5 Å². The summed E-state index contributed by atoms with van der Waals surface area (Å²) in [5.41, 5.74) is 12.0. The lowest BCUT2D eigenvalue weighted by atomic mass is 10.3. The van der Waals surface area contributed by atoms with Crippen molar-refractivity contribution in [3.05, 3.63) is 18.1 Å². The van der Waals surface area contributed by atoms with E-state index in [9.17, 15) is 0 Å². The van der Waals surface area contributed by atoms with Gasteiger partial charge in [0.25, 0.3) is 0 Å². The molecule has 0 radical (unpaired) electrons. The zero-order valence-corrected chi connectivity index (χ0v) is 8.48. The van der Waals surface area contributed by atoms with Gasteiger partial charge in [0.2, 0.25) is 0 Å². The van der Waals surface area contributed by atoms with Crippen LogP contribution in [0.25, 0.3) is 0 Å². The molecule has 0 amide bonds. The highest BCUT2D eigenvalue weighted by molar-refractivity contribution is 5.38. The Kier molecular flexibility index (Phi) is 4.28. The molecule has 0 aliphatic heterocycles. The van der Waals surface area contributed by atoms with Crippen molar-refractivity contribution in [3.63, 3.8) is 0 Å². The fraction of sp³-hybridized carbons (Fsp3) is 0.556. The zero-order chi connectivity index (χ0) is 10.4. The number of rotatable bonds is 5. The Morgan fingerprint density at radius 2 is 1.86 bits per heavy atom. The molecule has 0 saturated heterocycles. The van der Waals surface area contributed by atoms with Crippen molar-refractivity contribution >= 4 is 5.82 Å². The molecule has 14 heavy (non-hydrogen) atoms. The van der Waals surface area contributed by atoms with E-state index in [2.05, 4.69) is 14.9 Å². The maximum atomic E-state index is 5.51. The lowest BCUT2D eigenvalue weighted by molar-refractivity contribution is 0.766. The normalized spacial score (nSPS) is 10.2. The van der Waals surface area contributed by atoms with Gasteiger partial charge in [-0.2, -0.15) is 0 Å². The number of nitrogens with zero attached hydrogens (tertiary/aromatic N) is 3. The Morgan fingerprint density at radius 1 is 1.21 bits per heavy atom. The minimum atomic E-state index is 0.600. The summed E-state index contributed by atoms with van der Waals surface area (Å²) in [5.74, 6) is 0.897.